The molecule has 2 amide bonds. The molecule has 0 bridgehead atoms. The molecule has 4 heteroatoms. The highest BCUT2D eigenvalue weighted by Crippen LogP contribution is 2.26. The van der Waals surface area contributed by atoms with Gasteiger partial charge in [0.15, 0.2) is 0 Å². The summed E-state index contributed by atoms with van der Waals surface area (Å²) in [6.45, 7) is 0.694. The third kappa shape index (κ3) is 2.48. The molecule has 4 nitrogen and oxygen atoms in total. The molecule has 19 heavy (non-hydrogen) atoms. The molecule has 0 radical (unpaired) electrons. The van der Waals surface area contributed by atoms with Gasteiger partial charge in [-0.2, -0.15) is 0 Å². The number of benzene rings is 1. The van der Waals surface area contributed by atoms with Crippen molar-refractivity contribution >= 4 is 17.5 Å². The second kappa shape index (κ2) is 5.03. The Kier molecular flexibility index (Phi) is 3.23. The number of carbonyl (C=O) groups is 2. The zero-order chi connectivity index (χ0) is 13.2. The molecule has 1 aliphatic heterocycles. The fourth-order valence-corrected chi connectivity index (χ4v) is 2.92. The van der Waals surface area contributed by atoms with Gasteiger partial charge in [-0.3, -0.25) is 9.59 Å². The predicted molar refractivity (Wildman–Crippen MR) is 73.1 cm³/mol. The van der Waals surface area contributed by atoms with Gasteiger partial charge in [-0.1, -0.05) is 18.9 Å². The molecule has 1 aromatic rings. The molecule has 3 rings (SSSR count). The minimum absolute atomic E-state index is 0.0433. The minimum atomic E-state index is -0.0433. The summed E-state index contributed by atoms with van der Waals surface area (Å²) in [5.41, 5.74) is 2.48. The van der Waals surface area contributed by atoms with Crippen LogP contribution in [0.2, 0.25) is 0 Å². The first-order chi connectivity index (χ1) is 9.24. The summed E-state index contributed by atoms with van der Waals surface area (Å²) < 4.78 is 0. The van der Waals surface area contributed by atoms with E-state index in [0.29, 0.717) is 12.1 Å². The van der Waals surface area contributed by atoms with Crippen molar-refractivity contribution in [3.63, 3.8) is 0 Å². The SMILES string of the molecule is O=C1NCCc2ccc(NC(=O)C3CCCC3)cc21. The van der Waals surface area contributed by atoms with E-state index in [0.717, 1.165) is 43.4 Å². The van der Waals surface area contributed by atoms with E-state index in [4.69, 9.17) is 0 Å². The van der Waals surface area contributed by atoms with Crippen molar-refractivity contribution in [2.45, 2.75) is 32.1 Å². The third-order valence-corrected chi connectivity index (χ3v) is 4.03. The number of rotatable bonds is 2. The molecule has 0 saturated heterocycles. The van der Waals surface area contributed by atoms with Gasteiger partial charge in [-0.15, -0.1) is 0 Å². The molecule has 1 aromatic carbocycles. The van der Waals surface area contributed by atoms with Gasteiger partial charge in [0.1, 0.15) is 0 Å². The van der Waals surface area contributed by atoms with Gasteiger partial charge in [-0.25, -0.2) is 0 Å². The maximum Gasteiger partial charge on any atom is 0.251 e. The lowest BCUT2D eigenvalue weighted by molar-refractivity contribution is -0.119. The Labute approximate surface area is 112 Å². The van der Waals surface area contributed by atoms with Crippen molar-refractivity contribution in [2.75, 3.05) is 11.9 Å². The topological polar surface area (TPSA) is 58.2 Å². The van der Waals surface area contributed by atoms with Crippen LogP contribution in [0, 0.1) is 5.92 Å². The molecule has 0 aromatic heterocycles. The smallest absolute Gasteiger partial charge is 0.251 e. The van der Waals surface area contributed by atoms with Crippen LogP contribution in [0.1, 0.15) is 41.6 Å². The van der Waals surface area contributed by atoms with Crippen LogP contribution in [-0.4, -0.2) is 18.4 Å². The summed E-state index contributed by atoms with van der Waals surface area (Å²) in [5, 5.41) is 5.76. The first-order valence-corrected chi connectivity index (χ1v) is 6.96. The van der Waals surface area contributed by atoms with Crippen LogP contribution in [0.3, 0.4) is 0 Å². The van der Waals surface area contributed by atoms with E-state index in [1.807, 2.05) is 12.1 Å². The van der Waals surface area contributed by atoms with Crippen LogP contribution in [0.15, 0.2) is 18.2 Å². The van der Waals surface area contributed by atoms with E-state index in [-0.39, 0.29) is 17.7 Å². The summed E-state index contributed by atoms with van der Waals surface area (Å²) in [7, 11) is 0. The van der Waals surface area contributed by atoms with E-state index < -0.39 is 0 Å². The summed E-state index contributed by atoms with van der Waals surface area (Å²) >= 11 is 0. The fourth-order valence-electron chi connectivity index (χ4n) is 2.92. The molecule has 2 aliphatic rings. The molecule has 1 aliphatic carbocycles. The molecular formula is C15H18N2O2. The molecule has 2 N–H and O–H groups in total. The van der Waals surface area contributed by atoms with Crippen molar-refractivity contribution in [2.24, 2.45) is 5.92 Å². The lowest BCUT2D eigenvalue weighted by Crippen LogP contribution is -2.32. The van der Waals surface area contributed by atoms with Crippen LogP contribution < -0.4 is 10.6 Å². The Bertz CT molecular complexity index is 519. The normalized spacial score (nSPS) is 18.8. The van der Waals surface area contributed by atoms with Crippen molar-refractivity contribution < 1.29 is 9.59 Å². The zero-order valence-electron chi connectivity index (χ0n) is 10.9. The second-order valence-electron chi connectivity index (χ2n) is 5.35. The predicted octanol–water partition coefficient (Wildman–Crippen LogP) is 2.10. The van der Waals surface area contributed by atoms with Gasteiger partial charge in [0.25, 0.3) is 5.91 Å². The Morgan fingerprint density at radius 2 is 2.05 bits per heavy atom. The van der Waals surface area contributed by atoms with Crippen molar-refractivity contribution in [3.05, 3.63) is 29.3 Å². The van der Waals surface area contributed by atoms with Gasteiger partial charge < -0.3 is 10.6 Å². The van der Waals surface area contributed by atoms with Gasteiger partial charge >= 0.3 is 0 Å². The molecule has 1 saturated carbocycles. The van der Waals surface area contributed by atoms with Gasteiger partial charge in [0.05, 0.1) is 0 Å². The summed E-state index contributed by atoms with van der Waals surface area (Å²) in [6, 6.07) is 5.62. The number of hydrogen-bond donors (Lipinski definition) is 2. The number of fused-ring (bicyclic) bond motifs is 1. The van der Waals surface area contributed by atoms with E-state index in [2.05, 4.69) is 10.6 Å². The Balaban J connectivity index is 1.76. The number of hydrogen-bond acceptors (Lipinski definition) is 2. The van der Waals surface area contributed by atoms with Gasteiger partial charge in [0.2, 0.25) is 5.91 Å². The van der Waals surface area contributed by atoms with Crippen molar-refractivity contribution in [3.8, 4) is 0 Å². The lowest BCUT2D eigenvalue weighted by Gasteiger charge is -2.18. The Morgan fingerprint density at radius 1 is 1.26 bits per heavy atom. The van der Waals surface area contributed by atoms with Crippen LogP contribution >= 0.6 is 0 Å². The summed E-state index contributed by atoms with van der Waals surface area (Å²) in [5.74, 6) is 0.191. The number of amides is 2. The maximum absolute atomic E-state index is 12.1. The average molecular weight is 258 g/mol. The van der Waals surface area contributed by atoms with Crippen molar-refractivity contribution in [1.29, 1.82) is 0 Å². The Hall–Kier alpha value is -1.84. The Morgan fingerprint density at radius 3 is 2.84 bits per heavy atom. The average Bonchev–Trinajstić information content (AvgIpc) is 2.94. The number of carbonyl (C=O) groups excluding carboxylic acids is 2. The largest absolute Gasteiger partial charge is 0.352 e. The molecule has 0 atom stereocenters. The molecule has 1 fully saturated rings. The highest BCUT2D eigenvalue weighted by Gasteiger charge is 2.23. The van der Waals surface area contributed by atoms with Crippen LogP contribution in [0.5, 0.6) is 0 Å². The minimum Gasteiger partial charge on any atom is -0.352 e. The first-order valence-electron chi connectivity index (χ1n) is 6.96. The maximum atomic E-state index is 12.1. The summed E-state index contributed by atoms with van der Waals surface area (Å²) in [6.07, 6.45) is 5.11. The van der Waals surface area contributed by atoms with E-state index in [1.165, 1.54) is 0 Å². The lowest BCUT2D eigenvalue weighted by atomic mass is 9.99. The number of nitrogens with one attached hydrogen (secondary N) is 2. The number of anilines is 1. The quantitative estimate of drug-likeness (QED) is 0.853. The van der Waals surface area contributed by atoms with Gasteiger partial charge in [-0.05, 0) is 37.0 Å². The van der Waals surface area contributed by atoms with Crippen LogP contribution in [-0.2, 0) is 11.2 Å². The monoisotopic (exact) mass is 258 g/mol. The third-order valence-electron chi connectivity index (χ3n) is 4.03. The molecule has 0 unspecified atom stereocenters. The fraction of sp³-hybridized carbons (Fsp3) is 0.467. The molecule has 0 spiro atoms. The zero-order valence-corrected chi connectivity index (χ0v) is 10.9. The highest BCUT2D eigenvalue weighted by molar-refractivity contribution is 5.99. The van der Waals surface area contributed by atoms with E-state index in [1.54, 1.807) is 6.07 Å². The van der Waals surface area contributed by atoms with Crippen molar-refractivity contribution in [1.82, 2.24) is 5.32 Å². The molecule has 1 heterocycles. The highest BCUT2D eigenvalue weighted by atomic mass is 16.2. The second-order valence-corrected chi connectivity index (χ2v) is 5.35. The van der Waals surface area contributed by atoms with E-state index in [9.17, 15) is 9.59 Å². The molecular weight excluding hydrogens is 240 g/mol. The van der Waals surface area contributed by atoms with Crippen LogP contribution in [0.4, 0.5) is 5.69 Å². The van der Waals surface area contributed by atoms with Gasteiger partial charge in [0, 0.05) is 23.7 Å². The molecule has 100 valence electrons. The van der Waals surface area contributed by atoms with Crippen LogP contribution in [0.25, 0.3) is 0 Å². The van der Waals surface area contributed by atoms with E-state index >= 15 is 0 Å². The first kappa shape index (κ1) is 12.2. The standard InChI is InChI=1S/C15H18N2O2/c18-14(11-3-1-2-4-11)17-12-6-5-10-7-8-16-15(19)13(10)9-12/h5-6,9,11H,1-4,7-8H2,(H,16,19)(H,17,18). The summed E-state index contributed by atoms with van der Waals surface area (Å²) in [4.78, 5) is 23.8.